The fourth-order valence-corrected chi connectivity index (χ4v) is 6.65. The van der Waals surface area contributed by atoms with Crippen molar-refractivity contribution >= 4 is 51.7 Å². The summed E-state index contributed by atoms with van der Waals surface area (Å²) in [5.41, 5.74) is 2.92. The minimum Gasteiger partial charge on any atom is -0.454 e. The Morgan fingerprint density at radius 3 is 2.65 bits per heavy atom. The Hall–Kier alpha value is -3.41. The molecule has 6 rings (SSSR count). The van der Waals surface area contributed by atoms with Crippen molar-refractivity contribution in [1.82, 2.24) is 19.2 Å². The zero-order chi connectivity index (χ0) is 28.0. The number of aromatic nitrogens is 2. The van der Waals surface area contributed by atoms with E-state index < -0.39 is 0 Å². The molecule has 2 aromatic heterocycles. The second-order valence-electron chi connectivity index (χ2n) is 10.3. The maximum Gasteiger partial charge on any atom is 0.267 e. The largest absolute Gasteiger partial charge is 0.454 e. The van der Waals surface area contributed by atoms with Gasteiger partial charge in [-0.1, -0.05) is 43.0 Å². The van der Waals surface area contributed by atoms with Crippen molar-refractivity contribution in [3.8, 4) is 11.5 Å². The van der Waals surface area contributed by atoms with Gasteiger partial charge >= 0.3 is 0 Å². The second-order valence-corrected chi connectivity index (χ2v) is 12.0. The summed E-state index contributed by atoms with van der Waals surface area (Å²) < 4.78 is 13.1. The number of anilines is 1. The van der Waals surface area contributed by atoms with Crippen LogP contribution < -0.4 is 19.9 Å². The number of hydrogen-bond donors (Lipinski definition) is 0. The number of rotatable bonds is 6. The first-order chi connectivity index (χ1) is 19.3. The quantitative estimate of drug-likeness (QED) is 0.318. The average molecular weight is 578 g/mol. The molecule has 0 unspecified atom stereocenters. The van der Waals surface area contributed by atoms with Crippen molar-refractivity contribution in [2.75, 3.05) is 37.9 Å². The fraction of sp³-hybridized carbons (Fsp3) is 0.379. The third-order valence-corrected chi connectivity index (χ3v) is 8.96. The number of benzene rings is 1. The number of carbonyl (C=O) groups is 1. The first kappa shape index (κ1) is 26.8. The summed E-state index contributed by atoms with van der Waals surface area (Å²) in [4.78, 5) is 38.7. The summed E-state index contributed by atoms with van der Waals surface area (Å²) in [6, 6.07) is 9.87. The van der Waals surface area contributed by atoms with Crippen molar-refractivity contribution in [2.24, 2.45) is 0 Å². The molecule has 1 aromatic carbocycles. The molecule has 0 saturated carbocycles. The number of fused-ring (bicyclic) bond motifs is 2. The SMILES string of the molecule is CC[C@@H](C)N1C(=O)/C(=C/c2c(N3CCN(Cc4ccc5c(c4)OCO5)CC3)nc3ccc(C)cn3c2=O)SC1=S. The van der Waals surface area contributed by atoms with Gasteiger partial charge in [0, 0.05) is 45.0 Å². The van der Waals surface area contributed by atoms with Gasteiger partial charge < -0.3 is 14.4 Å². The molecule has 0 bridgehead atoms. The lowest BCUT2D eigenvalue weighted by atomic mass is 10.1. The molecule has 0 N–H and O–H groups in total. The van der Waals surface area contributed by atoms with E-state index in [2.05, 4.69) is 15.9 Å². The third-order valence-electron chi connectivity index (χ3n) is 7.63. The van der Waals surface area contributed by atoms with Gasteiger partial charge in [0.2, 0.25) is 6.79 Å². The Balaban J connectivity index is 1.29. The number of hydrogen-bond acceptors (Lipinski definition) is 9. The Morgan fingerprint density at radius 2 is 1.88 bits per heavy atom. The number of nitrogens with zero attached hydrogens (tertiary/aromatic N) is 5. The highest BCUT2D eigenvalue weighted by atomic mass is 32.2. The van der Waals surface area contributed by atoms with Crippen molar-refractivity contribution in [2.45, 2.75) is 39.8 Å². The topological polar surface area (TPSA) is 79.6 Å². The highest BCUT2D eigenvalue weighted by molar-refractivity contribution is 8.26. The van der Waals surface area contributed by atoms with Crippen LogP contribution in [-0.4, -0.2) is 68.4 Å². The Morgan fingerprint density at radius 1 is 1.10 bits per heavy atom. The summed E-state index contributed by atoms with van der Waals surface area (Å²) in [7, 11) is 0. The van der Waals surface area contributed by atoms with Gasteiger partial charge in [0.15, 0.2) is 11.5 Å². The number of amides is 1. The van der Waals surface area contributed by atoms with Crippen molar-refractivity contribution < 1.29 is 14.3 Å². The molecule has 11 heteroatoms. The third kappa shape index (κ3) is 4.97. The molecule has 3 aliphatic rings. The van der Waals surface area contributed by atoms with Crippen LogP contribution in [0.5, 0.6) is 11.5 Å². The average Bonchev–Trinajstić information content (AvgIpc) is 3.53. The van der Waals surface area contributed by atoms with Gasteiger partial charge in [0.1, 0.15) is 15.8 Å². The minimum absolute atomic E-state index is 0.00539. The second kappa shape index (κ2) is 10.9. The summed E-state index contributed by atoms with van der Waals surface area (Å²) in [5.74, 6) is 2.02. The van der Waals surface area contributed by atoms with Gasteiger partial charge in [0.05, 0.1) is 10.5 Å². The van der Waals surface area contributed by atoms with Gasteiger partial charge in [-0.3, -0.25) is 23.8 Å². The fourth-order valence-electron chi connectivity index (χ4n) is 5.20. The van der Waals surface area contributed by atoms with Crippen molar-refractivity contribution in [3.05, 3.63) is 68.5 Å². The number of thiocarbonyl (C=S) groups is 1. The minimum atomic E-state index is -0.194. The van der Waals surface area contributed by atoms with E-state index in [1.165, 1.54) is 17.3 Å². The van der Waals surface area contributed by atoms with Gasteiger partial charge in [-0.15, -0.1) is 0 Å². The first-order valence-electron chi connectivity index (χ1n) is 13.5. The van der Waals surface area contributed by atoms with E-state index in [9.17, 15) is 9.59 Å². The summed E-state index contributed by atoms with van der Waals surface area (Å²) in [6.45, 7) is 10.0. The van der Waals surface area contributed by atoms with E-state index >= 15 is 0 Å². The number of ether oxygens (including phenoxy) is 2. The molecule has 0 aliphatic carbocycles. The molecule has 208 valence electrons. The highest BCUT2D eigenvalue weighted by Gasteiger charge is 2.35. The molecule has 2 saturated heterocycles. The normalized spacial score (nSPS) is 19.3. The van der Waals surface area contributed by atoms with E-state index in [1.54, 1.807) is 21.6 Å². The smallest absolute Gasteiger partial charge is 0.267 e. The lowest BCUT2D eigenvalue weighted by molar-refractivity contribution is -0.123. The predicted molar refractivity (Wildman–Crippen MR) is 161 cm³/mol. The van der Waals surface area contributed by atoms with Crippen LogP contribution in [0.3, 0.4) is 0 Å². The van der Waals surface area contributed by atoms with E-state index in [0.717, 1.165) is 43.1 Å². The Labute approximate surface area is 242 Å². The number of piperazine rings is 1. The molecule has 1 atom stereocenters. The van der Waals surface area contributed by atoms with Gasteiger partial charge in [-0.05, 0) is 55.7 Å². The molecule has 40 heavy (non-hydrogen) atoms. The highest BCUT2D eigenvalue weighted by Crippen LogP contribution is 2.36. The number of thioether (sulfide) groups is 1. The zero-order valence-corrected chi connectivity index (χ0v) is 24.4. The van der Waals surface area contributed by atoms with E-state index in [1.807, 2.05) is 45.0 Å². The molecule has 0 spiro atoms. The van der Waals surface area contributed by atoms with Crippen LogP contribution in [0.25, 0.3) is 11.7 Å². The summed E-state index contributed by atoms with van der Waals surface area (Å²) in [5, 5.41) is 0. The molecule has 1 amide bonds. The monoisotopic (exact) mass is 577 g/mol. The molecule has 3 aromatic rings. The molecule has 5 heterocycles. The first-order valence-corrected chi connectivity index (χ1v) is 14.7. The standard InChI is InChI=1S/C29H31N5O4S2/c1-4-19(3)34-28(36)24(40-29(34)39)14-21-26(30-25-8-5-18(2)15-33(25)27(21)35)32-11-9-31(10-12-32)16-20-6-7-22-23(13-20)38-17-37-22/h5-8,13-15,19H,4,9-12,16-17H2,1-3H3/b24-14-/t19-/m1/s1. The molecule has 2 fully saturated rings. The lowest BCUT2D eigenvalue weighted by Gasteiger charge is -2.36. The van der Waals surface area contributed by atoms with Crippen LogP contribution in [0, 0.1) is 6.92 Å². The molecule has 9 nitrogen and oxygen atoms in total. The van der Waals surface area contributed by atoms with Crippen LogP contribution in [0.4, 0.5) is 5.82 Å². The van der Waals surface area contributed by atoms with Crippen LogP contribution in [0.1, 0.15) is 37.0 Å². The van der Waals surface area contributed by atoms with Gasteiger partial charge in [-0.2, -0.15) is 0 Å². The summed E-state index contributed by atoms with van der Waals surface area (Å²) in [6.07, 6.45) is 4.28. The number of carbonyl (C=O) groups excluding carboxylic acids is 1. The Kier molecular flexibility index (Phi) is 7.28. The van der Waals surface area contributed by atoms with Crippen LogP contribution in [0.2, 0.25) is 0 Å². The van der Waals surface area contributed by atoms with E-state index in [-0.39, 0.29) is 24.3 Å². The van der Waals surface area contributed by atoms with E-state index in [4.69, 9.17) is 26.7 Å². The molecule has 0 radical (unpaired) electrons. The van der Waals surface area contributed by atoms with E-state index in [0.29, 0.717) is 39.3 Å². The maximum absolute atomic E-state index is 13.8. The predicted octanol–water partition coefficient (Wildman–Crippen LogP) is 4.05. The van der Waals surface area contributed by atoms with Gasteiger partial charge in [-0.25, -0.2) is 4.98 Å². The molecular weight excluding hydrogens is 546 g/mol. The number of aryl methyl sites for hydroxylation is 1. The molecule has 3 aliphatic heterocycles. The zero-order valence-electron chi connectivity index (χ0n) is 22.8. The Bertz CT molecular complexity index is 1600. The van der Waals surface area contributed by atoms with Crippen molar-refractivity contribution in [1.29, 1.82) is 0 Å². The lowest BCUT2D eigenvalue weighted by Crippen LogP contribution is -2.47. The van der Waals surface area contributed by atoms with Crippen LogP contribution >= 0.6 is 24.0 Å². The summed E-state index contributed by atoms with van der Waals surface area (Å²) >= 11 is 6.78. The van der Waals surface area contributed by atoms with Gasteiger partial charge in [0.25, 0.3) is 11.5 Å². The van der Waals surface area contributed by atoms with Crippen LogP contribution in [-0.2, 0) is 11.3 Å². The van der Waals surface area contributed by atoms with Crippen molar-refractivity contribution in [3.63, 3.8) is 0 Å². The number of pyridine rings is 1. The molecular formula is C29H31N5O4S2. The maximum atomic E-state index is 13.8. The van der Waals surface area contributed by atoms with Crippen LogP contribution in [0.15, 0.2) is 46.2 Å².